The molecule has 0 aliphatic heterocycles. The Kier molecular flexibility index (Phi) is 6.17. The van der Waals surface area contributed by atoms with E-state index in [-0.39, 0.29) is 16.7 Å². The molecule has 30 heavy (non-hydrogen) atoms. The Hall–Kier alpha value is -2.86. The number of aromatic nitrogens is 3. The molecule has 158 valence electrons. The van der Waals surface area contributed by atoms with Crippen molar-refractivity contribution in [3.05, 3.63) is 60.2 Å². The van der Waals surface area contributed by atoms with Gasteiger partial charge >= 0.3 is 0 Å². The second-order valence-electron chi connectivity index (χ2n) is 7.55. The van der Waals surface area contributed by atoms with E-state index in [9.17, 15) is 9.59 Å². The van der Waals surface area contributed by atoms with E-state index in [1.165, 1.54) is 11.7 Å². The SMILES string of the molecule is C/C=c1/c(=O)c2c(=O)n(-c3ccc(OC)c(Cl)c3)c(CC(C)C)nc2n(C)/c1=C/C. The highest BCUT2D eigenvalue weighted by atomic mass is 35.5. The fourth-order valence-corrected chi connectivity index (χ4v) is 3.98. The van der Waals surface area contributed by atoms with Crippen molar-refractivity contribution in [3.63, 3.8) is 0 Å². The molecule has 0 amide bonds. The number of halogens is 1. The molecule has 0 N–H and O–H groups in total. The van der Waals surface area contributed by atoms with Gasteiger partial charge in [-0.1, -0.05) is 37.6 Å². The lowest BCUT2D eigenvalue weighted by Crippen LogP contribution is -2.47. The van der Waals surface area contributed by atoms with Crippen LogP contribution in [-0.4, -0.2) is 21.2 Å². The first kappa shape index (κ1) is 21.8. The summed E-state index contributed by atoms with van der Waals surface area (Å²) in [7, 11) is 3.36. The Morgan fingerprint density at radius 3 is 2.43 bits per heavy atom. The van der Waals surface area contributed by atoms with Crippen LogP contribution in [0.25, 0.3) is 28.9 Å². The first-order chi connectivity index (χ1) is 14.2. The van der Waals surface area contributed by atoms with Gasteiger partial charge in [0.05, 0.1) is 17.8 Å². The Morgan fingerprint density at radius 2 is 1.90 bits per heavy atom. The third-order valence-corrected chi connectivity index (χ3v) is 5.40. The van der Waals surface area contributed by atoms with E-state index < -0.39 is 5.56 Å². The molecule has 1 aromatic carbocycles. The van der Waals surface area contributed by atoms with Crippen molar-refractivity contribution in [2.24, 2.45) is 13.0 Å². The Balaban J connectivity index is 2.56. The average Bonchev–Trinajstić information content (AvgIpc) is 2.69. The van der Waals surface area contributed by atoms with E-state index in [0.717, 1.165) is 5.35 Å². The van der Waals surface area contributed by atoms with Crippen LogP contribution in [0.3, 0.4) is 0 Å². The maximum atomic E-state index is 13.6. The van der Waals surface area contributed by atoms with E-state index in [1.54, 1.807) is 31.2 Å². The fraction of sp³-hybridized carbons (Fsp3) is 0.348. The van der Waals surface area contributed by atoms with Crippen LogP contribution in [-0.2, 0) is 13.5 Å². The molecule has 7 heteroatoms. The molecule has 0 saturated heterocycles. The number of nitrogens with zero attached hydrogens (tertiary/aromatic N) is 3. The van der Waals surface area contributed by atoms with Crippen LogP contribution < -0.4 is 26.3 Å². The molecule has 3 rings (SSSR count). The number of rotatable bonds is 4. The summed E-state index contributed by atoms with van der Waals surface area (Å²) in [6.07, 6.45) is 4.15. The second-order valence-corrected chi connectivity index (χ2v) is 7.96. The summed E-state index contributed by atoms with van der Waals surface area (Å²) in [5.41, 5.74) is 0.213. The summed E-state index contributed by atoms with van der Waals surface area (Å²) in [6.45, 7) is 7.77. The minimum atomic E-state index is -0.400. The van der Waals surface area contributed by atoms with E-state index in [4.69, 9.17) is 21.3 Å². The lowest BCUT2D eigenvalue weighted by atomic mass is 10.1. The lowest BCUT2D eigenvalue weighted by molar-refractivity contribution is 0.415. The number of hydrogen-bond acceptors (Lipinski definition) is 4. The van der Waals surface area contributed by atoms with Gasteiger partial charge in [0, 0.05) is 24.0 Å². The molecule has 3 aromatic rings. The van der Waals surface area contributed by atoms with Crippen molar-refractivity contribution in [2.45, 2.75) is 34.1 Å². The number of methoxy groups -OCH3 is 1. The van der Waals surface area contributed by atoms with E-state index in [2.05, 4.69) is 13.8 Å². The highest BCUT2D eigenvalue weighted by Crippen LogP contribution is 2.27. The highest BCUT2D eigenvalue weighted by Gasteiger charge is 2.19. The number of pyridine rings is 1. The topological polar surface area (TPSA) is 66.1 Å². The third-order valence-electron chi connectivity index (χ3n) is 5.11. The molecular weight excluding hydrogens is 402 g/mol. The maximum absolute atomic E-state index is 13.6. The van der Waals surface area contributed by atoms with Crippen molar-refractivity contribution < 1.29 is 4.74 Å². The first-order valence-electron chi connectivity index (χ1n) is 9.86. The van der Waals surface area contributed by atoms with Crippen LogP contribution >= 0.6 is 11.6 Å². The van der Waals surface area contributed by atoms with Gasteiger partial charge in [-0.2, -0.15) is 0 Å². The minimum absolute atomic E-state index is 0.0654. The molecule has 0 radical (unpaired) electrons. The Bertz CT molecular complexity index is 1370. The van der Waals surface area contributed by atoms with Crippen molar-refractivity contribution in [2.75, 3.05) is 7.11 Å². The average molecular weight is 428 g/mol. The van der Waals surface area contributed by atoms with Gasteiger partial charge in [-0.25, -0.2) is 4.98 Å². The maximum Gasteiger partial charge on any atom is 0.271 e. The van der Waals surface area contributed by atoms with E-state index in [1.807, 2.05) is 24.6 Å². The van der Waals surface area contributed by atoms with Crippen LogP contribution in [0, 0.1) is 5.92 Å². The molecule has 2 heterocycles. The van der Waals surface area contributed by atoms with Gasteiger partial charge in [-0.05, 0) is 38.0 Å². The molecule has 6 nitrogen and oxygen atoms in total. The van der Waals surface area contributed by atoms with E-state index >= 15 is 0 Å². The van der Waals surface area contributed by atoms with Gasteiger partial charge in [0.25, 0.3) is 5.56 Å². The first-order valence-corrected chi connectivity index (χ1v) is 10.2. The predicted octanol–water partition coefficient (Wildman–Crippen LogP) is 2.55. The van der Waals surface area contributed by atoms with Gasteiger partial charge in [-0.15, -0.1) is 0 Å². The Morgan fingerprint density at radius 1 is 1.20 bits per heavy atom. The van der Waals surface area contributed by atoms with Crippen LogP contribution in [0.2, 0.25) is 5.02 Å². The van der Waals surface area contributed by atoms with E-state index in [0.29, 0.717) is 39.6 Å². The molecule has 2 aromatic heterocycles. The number of benzene rings is 1. The normalized spacial score (nSPS) is 12.9. The smallest absolute Gasteiger partial charge is 0.271 e. The number of fused-ring (bicyclic) bond motifs is 1. The molecular formula is C23H26ClN3O3. The zero-order chi connectivity index (χ0) is 22.2. The van der Waals surface area contributed by atoms with Crippen LogP contribution in [0.1, 0.15) is 33.5 Å². The predicted molar refractivity (Wildman–Crippen MR) is 122 cm³/mol. The van der Waals surface area contributed by atoms with Gasteiger partial charge in [0.15, 0.2) is 5.65 Å². The van der Waals surface area contributed by atoms with Crippen LogP contribution in [0.5, 0.6) is 5.75 Å². The summed E-state index contributed by atoms with van der Waals surface area (Å²) >= 11 is 6.32. The van der Waals surface area contributed by atoms with Crippen molar-refractivity contribution in [3.8, 4) is 11.4 Å². The zero-order valence-electron chi connectivity index (χ0n) is 18.1. The molecule has 0 aliphatic rings. The number of ether oxygens (including phenoxy) is 1. The molecule has 0 unspecified atom stereocenters. The van der Waals surface area contributed by atoms with Crippen LogP contribution in [0.4, 0.5) is 0 Å². The molecule has 0 spiro atoms. The van der Waals surface area contributed by atoms with Gasteiger partial charge < -0.3 is 9.30 Å². The van der Waals surface area contributed by atoms with Gasteiger partial charge in [-0.3, -0.25) is 14.2 Å². The number of hydrogen-bond donors (Lipinski definition) is 0. The molecule has 0 aliphatic carbocycles. The van der Waals surface area contributed by atoms with Gasteiger partial charge in [0.1, 0.15) is 17.0 Å². The summed E-state index contributed by atoms with van der Waals surface area (Å²) in [5.74, 6) is 1.34. The zero-order valence-corrected chi connectivity index (χ0v) is 18.9. The number of aryl methyl sites for hydroxylation is 1. The fourth-order valence-electron chi connectivity index (χ4n) is 3.73. The quantitative estimate of drug-likeness (QED) is 0.641. The summed E-state index contributed by atoms with van der Waals surface area (Å²) in [4.78, 5) is 31.7. The second kappa shape index (κ2) is 8.48. The largest absolute Gasteiger partial charge is 0.495 e. The highest BCUT2D eigenvalue weighted by molar-refractivity contribution is 6.32. The van der Waals surface area contributed by atoms with Crippen molar-refractivity contribution in [1.29, 1.82) is 0 Å². The summed E-state index contributed by atoms with van der Waals surface area (Å²) < 4.78 is 8.52. The molecule has 0 atom stereocenters. The molecule has 0 saturated carbocycles. The standard InChI is InChI=1S/C23H26ClN3O3/c1-7-15-17(8-2)26(5)22-20(21(15)28)23(29)27(19(25-22)11-13(3)4)14-9-10-18(30-6)16(24)12-14/h7-10,12-13H,11H2,1-6H3/b15-7+,17-8+. The minimum Gasteiger partial charge on any atom is -0.495 e. The monoisotopic (exact) mass is 427 g/mol. The molecule has 0 fully saturated rings. The Labute approximate surface area is 179 Å². The van der Waals surface area contributed by atoms with Gasteiger partial charge in [0.2, 0.25) is 5.43 Å². The van der Waals surface area contributed by atoms with Crippen molar-refractivity contribution in [1.82, 2.24) is 14.1 Å². The van der Waals surface area contributed by atoms with Crippen LogP contribution in [0.15, 0.2) is 27.8 Å². The molecule has 0 bridgehead atoms. The van der Waals surface area contributed by atoms with Crippen molar-refractivity contribution >= 4 is 34.8 Å². The summed E-state index contributed by atoms with van der Waals surface area (Å²) in [6, 6.07) is 5.10. The lowest BCUT2D eigenvalue weighted by Gasteiger charge is -2.17. The third kappa shape index (κ3) is 3.56. The summed E-state index contributed by atoms with van der Waals surface area (Å²) in [5, 5.41) is 1.67.